The van der Waals surface area contributed by atoms with E-state index in [1.54, 1.807) is 11.0 Å². The van der Waals surface area contributed by atoms with Crippen molar-refractivity contribution in [1.29, 1.82) is 0 Å². The molecule has 116 valence electrons. The highest BCUT2D eigenvalue weighted by atomic mass is 19.1. The van der Waals surface area contributed by atoms with E-state index >= 15 is 0 Å². The second-order valence-electron chi connectivity index (χ2n) is 6.14. The van der Waals surface area contributed by atoms with Gasteiger partial charge in [0.25, 0.3) is 0 Å². The van der Waals surface area contributed by atoms with Gasteiger partial charge in [-0.25, -0.2) is 9.18 Å². The van der Waals surface area contributed by atoms with Crippen LogP contribution in [-0.2, 0) is 4.74 Å². The molecule has 1 heterocycles. The van der Waals surface area contributed by atoms with Gasteiger partial charge in [-0.05, 0) is 32.9 Å². The van der Waals surface area contributed by atoms with E-state index in [1.807, 2.05) is 20.8 Å². The van der Waals surface area contributed by atoms with Crippen molar-refractivity contribution < 1.29 is 18.7 Å². The van der Waals surface area contributed by atoms with Crippen molar-refractivity contribution in [3.63, 3.8) is 0 Å². The normalized spacial score (nSPS) is 18.7. The molecule has 0 bridgehead atoms. The molecular weight excluding hydrogens is 275 g/mol. The van der Waals surface area contributed by atoms with Crippen molar-refractivity contribution in [3.8, 4) is 5.75 Å². The van der Waals surface area contributed by atoms with E-state index in [0.29, 0.717) is 25.3 Å². The molecule has 0 aliphatic carbocycles. The van der Waals surface area contributed by atoms with Crippen molar-refractivity contribution in [2.45, 2.75) is 38.9 Å². The fourth-order valence-electron chi connectivity index (χ4n) is 2.09. The van der Waals surface area contributed by atoms with Crippen LogP contribution in [0.5, 0.6) is 5.75 Å². The molecule has 1 unspecified atom stereocenters. The summed E-state index contributed by atoms with van der Waals surface area (Å²) in [7, 11) is 0. The van der Waals surface area contributed by atoms with Gasteiger partial charge in [0.15, 0.2) is 0 Å². The van der Waals surface area contributed by atoms with Gasteiger partial charge in [0.2, 0.25) is 0 Å². The molecule has 1 atom stereocenters. The quantitative estimate of drug-likeness (QED) is 0.852. The van der Waals surface area contributed by atoms with Crippen molar-refractivity contribution in [1.82, 2.24) is 4.90 Å². The topological polar surface area (TPSA) is 64.8 Å². The van der Waals surface area contributed by atoms with Gasteiger partial charge in [0.05, 0.1) is 12.2 Å². The van der Waals surface area contributed by atoms with E-state index in [2.05, 4.69) is 0 Å². The number of hydrogen-bond acceptors (Lipinski definition) is 4. The average molecular weight is 296 g/mol. The summed E-state index contributed by atoms with van der Waals surface area (Å²) in [5, 5.41) is 0. The molecule has 1 saturated heterocycles. The maximum Gasteiger partial charge on any atom is 0.410 e. The Balaban J connectivity index is 1.90. The minimum absolute atomic E-state index is 0.0872. The number of benzene rings is 1. The van der Waals surface area contributed by atoms with E-state index in [0.717, 1.165) is 0 Å². The first kappa shape index (κ1) is 15.4. The zero-order valence-corrected chi connectivity index (χ0v) is 12.6. The largest absolute Gasteiger partial charge is 0.488 e. The van der Waals surface area contributed by atoms with Gasteiger partial charge in [-0.2, -0.15) is 0 Å². The number of carbonyl (C=O) groups excluding carboxylic acids is 1. The highest BCUT2D eigenvalue weighted by molar-refractivity contribution is 5.68. The summed E-state index contributed by atoms with van der Waals surface area (Å²) in [6.07, 6.45) is 0.170. The fourth-order valence-corrected chi connectivity index (χ4v) is 2.09. The van der Waals surface area contributed by atoms with Crippen LogP contribution in [-0.4, -0.2) is 35.8 Å². The number of rotatable bonds is 2. The van der Waals surface area contributed by atoms with Gasteiger partial charge in [-0.1, -0.05) is 0 Å². The van der Waals surface area contributed by atoms with E-state index in [-0.39, 0.29) is 17.9 Å². The van der Waals surface area contributed by atoms with Crippen LogP contribution in [0.4, 0.5) is 14.9 Å². The lowest BCUT2D eigenvalue weighted by Crippen LogP contribution is -2.36. The Hall–Kier alpha value is -1.98. The minimum Gasteiger partial charge on any atom is -0.488 e. The average Bonchev–Trinajstić information content (AvgIpc) is 2.80. The summed E-state index contributed by atoms with van der Waals surface area (Å²) in [4.78, 5) is 13.5. The molecule has 2 N–H and O–H groups in total. The van der Waals surface area contributed by atoms with Gasteiger partial charge in [-0.15, -0.1) is 0 Å². The zero-order chi connectivity index (χ0) is 15.6. The number of halogens is 1. The number of ether oxygens (including phenoxy) is 2. The Morgan fingerprint density at radius 3 is 2.76 bits per heavy atom. The number of amides is 1. The molecule has 0 radical (unpaired) electrons. The summed E-state index contributed by atoms with van der Waals surface area (Å²) < 4.78 is 24.3. The molecule has 2 rings (SSSR count). The first-order valence-corrected chi connectivity index (χ1v) is 6.94. The van der Waals surface area contributed by atoms with Crippen LogP contribution in [0.1, 0.15) is 27.2 Å². The number of hydrogen-bond donors (Lipinski definition) is 1. The SMILES string of the molecule is CC(C)(C)OC(=O)N1CCC(Oc2ccc(N)c(F)c2)C1. The zero-order valence-electron chi connectivity index (χ0n) is 12.6. The Morgan fingerprint density at radius 2 is 2.14 bits per heavy atom. The highest BCUT2D eigenvalue weighted by Crippen LogP contribution is 2.23. The van der Waals surface area contributed by atoms with Gasteiger partial charge >= 0.3 is 6.09 Å². The summed E-state index contributed by atoms with van der Waals surface area (Å²) in [5.74, 6) is -0.0905. The van der Waals surface area contributed by atoms with Gasteiger partial charge < -0.3 is 20.1 Å². The van der Waals surface area contributed by atoms with Gasteiger partial charge in [-0.3, -0.25) is 0 Å². The van der Waals surface area contributed by atoms with Crippen LogP contribution in [0, 0.1) is 5.82 Å². The molecule has 1 aromatic carbocycles. The minimum atomic E-state index is -0.518. The Bertz CT molecular complexity index is 528. The van der Waals surface area contributed by atoms with E-state index < -0.39 is 11.4 Å². The van der Waals surface area contributed by atoms with Crippen LogP contribution >= 0.6 is 0 Å². The maximum atomic E-state index is 13.4. The molecular formula is C15H21FN2O3. The lowest BCUT2D eigenvalue weighted by molar-refractivity contribution is 0.0275. The Labute approximate surface area is 123 Å². The molecule has 6 heteroatoms. The number of nitrogens with zero attached hydrogens (tertiary/aromatic N) is 1. The summed E-state index contributed by atoms with van der Waals surface area (Å²) in [6, 6.07) is 4.34. The molecule has 21 heavy (non-hydrogen) atoms. The molecule has 5 nitrogen and oxygen atoms in total. The molecule has 1 aromatic rings. The number of nitrogens with two attached hydrogens (primary N) is 1. The monoisotopic (exact) mass is 296 g/mol. The van der Waals surface area contributed by atoms with Crippen molar-refractivity contribution in [2.24, 2.45) is 0 Å². The first-order chi connectivity index (χ1) is 9.74. The smallest absolute Gasteiger partial charge is 0.410 e. The molecule has 1 amide bonds. The van der Waals surface area contributed by atoms with Crippen molar-refractivity contribution >= 4 is 11.8 Å². The lowest BCUT2D eigenvalue weighted by atomic mass is 10.2. The Kier molecular flexibility index (Phi) is 4.25. The summed E-state index contributed by atoms with van der Waals surface area (Å²) in [5.41, 5.74) is 4.99. The molecule has 0 saturated carbocycles. The van der Waals surface area contributed by atoms with Gasteiger partial charge in [0.1, 0.15) is 23.3 Å². The van der Waals surface area contributed by atoms with Crippen molar-refractivity contribution in [2.75, 3.05) is 18.8 Å². The molecule has 1 fully saturated rings. The third-order valence-electron chi connectivity index (χ3n) is 3.07. The fraction of sp³-hybridized carbons (Fsp3) is 0.533. The summed E-state index contributed by atoms with van der Waals surface area (Å²) in [6.45, 7) is 6.47. The highest BCUT2D eigenvalue weighted by Gasteiger charge is 2.30. The number of anilines is 1. The maximum absolute atomic E-state index is 13.4. The van der Waals surface area contributed by atoms with Crippen LogP contribution in [0.25, 0.3) is 0 Å². The lowest BCUT2D eigenvalue weighted by Gasteiger charge is -2.24. The van der Waals surface area contributed by atoms with Crippen LogP contribution < -0.4 is 10.5 Å². The predicted molar refractivity (Wildman–Crippen MR) is 77.7 cm³/mol. The molecule has 1 aliphatic heterocycles. The molecule has 0 spiro atoms. The standard InChI is InChI=1S/C15H21FN2O3/c1-15(2,3)21-14(19)18-7-6-11(9-18)20-10-4-5-13(17)12(16)8-10/h4-5,8,11H,6-7,9,17H2,1-3H3. The second kappa shape index (κ2) is 5.79. The van der Waals surface area contributed by atoms with Crippen LogP contribution in [0.15, 0.2) is 18.2 Å². The van der Waals surface area contributed by atoms with Crippen LogP contribution in [0.3, 0.4) is 0 Å². The van der Waals surface area contributed by atoms with Crippen LogP contribution in [0.2, 0.25) is 0 Å². The predicted octanol–water partition coefficient (Wildman–Crippen LogP) is 2.80. The number of carbonyl (C=O) groups is 1. The molecule has 1 aliphatic rings. The molecule has 0 aromatic heterocycles. The number of likely N-dealkylation sites (tertiary alicyclic amines) is 1. The van der Waals surface area contributed by atoms with Crippen molar-refractivity contribution in [3.05, 3.63) is 24.0 Å². The first-order valence-electron chi connectivity index (χ1n) is 6.94. The third-order valence-corrected chi connectivity index (χ3v) is 3.07. The second-order valence-corrected chi connectivity index (χ2v) is 6.14. The van der Waals surface area contributed by atoms with E-state index in [9.17, 15) is 9.18 Å². The van der Waals surface area contributed by atoms with Gasteiger partial charge in [0, 0.05) is 19.0 Å². The number of nitrogen functional groups attached to an aromatic ring is 1. The van der Waals surface area contributed by atoms with E-state index in [1.165, 1.54) is 12.1 Å². The van der Waals surface area contributed by atoms with E-state index in [4.69, 9.17) is 15.2 Å². The third kappa shape index (κ3) is 4.24. The Morgan fingerprint density at radius 1 is 1.43 bits per heavy atom. The summed E-state index contributed by atoms with van der Waals surface area (Å²) >= 11 is 0.